The van der Waals surface area contributed by atoms with Crippen LogP contribution in [0.2, 0.25) is 0 Å². The lowest BCUT2D eigenvalue weighted by molar-refractivity contribution is -0.147. The van der Waals surface area contributed by atoms with Gasteiger partial charge in [0.25, 0.3) is 0 Å². The van der Waals surface area contributed by atoms with Gasteiger partial charge in [0.1, 0.15) is 0 Å². The number of carbonyl (C=O) groups excluding carboxylic acids is 2. The highest BCUT2D eigenvalue weighted by Gasteiger charge is 2.24. The molecule has 0 spiro atoms. The van der Waals surface area contributed by atoms with Crippen molar-refractivity contribution < 1.29 is 24.2 Å². The van der Waals surface area contributed by atoms with E-state index in [0.29, 0.717) is 12.5 Å². The van der Waals surface area contributed by atoms with Crippen molar-refractivity contribution in [3.63, 3.8) is 0 Å². The maximum absolute atomic E-state index is 12.0. The molecule has 2 amide bonds. The number of hydrogen-bond donors (Lipinski definition) is 2. The van der Waals surface area contributed by atoms with Crippen LogP contribution in [-0.2, 0) is 20.7 Å². The van der Waals surface area contributed by atoms with E-state index < -0.39 is 18.2 Å². The lowest BCUT2D eigenvalue weighted by Crippen LogP contribution is -2.38. The van der Waals surface area contributed by atoms with Crippen molar-refractivity contribution in [1.82, 2.24) is 10.2 Å². The lowest BCUT2D eigenvalue weighted by Gasteiger charge is -2.20. The predicted molar refractivity (Wildman–Crippen MR) is 93.1 cm³/mol. The van der Waals surface area contributed by atoms with Crippen LogP contribution in [0.5, 0.6) is 0 Å². The van der Waals surface area contributed by atoms with Crippen LogP contribution in [0.1, 0.15) is 25.8 Å². The summed E-state index contributed by atoms with van der Waals surface area (Å²) in [5.74, 6) is -1.02. The third kappa shape index (κ3) is 8.19. The molecule has 0 aliphatic carbocycles. The number of ether oxygens (including phenoxy) is 1. The Morgan fingerprint density at radius 2 is 1.84 bits per heavy atom. The summed E-state index contributed by atoms with van der Waals surface area (Å²) in [6.45, 7) is 4.71. The van der Waals surface area contributed by atoms with Gasteiger partial charge in [-0.2, -0.15) is 0 Å². The van der Waals surface area contributed by atoms with Gasteiger partial charge in [-0.25, -0.2) is 9.59 Å². The lowest BCUT2D eigenvalue weighted by atomic mass is 10.1. The molecule has 0 aliphatic heterocycles. The number of nitrogens with zero attached hydrogens (tertiary/aromatic N) is 1. The Bertz CT molecular complexity index is 574. The van der Waals surface area contributed by atoms with Crippen LogP contribution in [0.4, 0.5) is 4.79 Å². The summed E-state index contributed by atoms with van der Waals surface area (Å²) < 4.78 is 5.06. The first-order valence-electron chi connectivity index (χ1n) is 8.24. The van der Waals surface area contributed by atoms with Crippen molar-refractivity contribution in [2.24, 2.45) is 5.92 Å². The molecule has 25 heavy (non-hydrogen) atoms. The quantitative estimate of drug-likeness (QED) is 0.709. The molecule has 0 heterocycles. The Balaban J connectivity index is 2.47. The smallest absolute Gasteiger partial charge is 0.410 e. The van der Waals surface area contributed by atoms with Gasteiger partial charge in [-0.05, 0) is 11.5 Å². The molecule has 0 fully saturated rings. The fourth-order valence-corrected chi connectivity index (χ4v) is 1.99. The largest absolute Gasteiger partial charge is 0.478 e. The number of amides is 2. The van der Waals surface area contributed by atoms with Gasteiger partial charge in [0, 0.05) is 33.0 Å². The number of carboxylic acid groups (broad SMARTS) is 1. The predicted octanol–water partition coefficient (Wildman–Crippen LogP) is 1.91. The van der Waals surface area contributed by atoms with E-state index in [1.54, 1.807) is 24.3 Å². The van der Waals surface area contributed by atoms with E-state index in [-0.39, 0.29) is 25.3 Å². The molecule has 138 valence electrons. The molecule has 7 nitrogen and oxygen atoms in total. The van der Waals surface area contributed by atoms with Gasteiger partial charge in [0.15, 0.2) is 0 Å². The second kappa shape index (κ2) is 10.3. The highest BCUT2D eigenvalue weighted by Crippen LogP contribution is 2.08. The standard InChI is InChI=1S/C18H26N2O5/c1-13(2)12-19-16(21)9-10-20(3)18(24)25-15(17(22)23)11-14-7-5-4-6-8-14/h4-8,13,15H,9-12H2,1-3H3,(H,19,21)(H,22,23)/t15-/m0/s1. The summed E-state index contributed by atoms with van der Waals surface area (Å²) in [7, 11) is 1.47. The molecule has 1 atom stereocenters. The van der Waals surface area contributed by atoms with Gasteiger partial charge in [-0.1, -0.05) is 44.2 Å². The van der Waals surface area contributed by atoms with Crippen molar-refractivity contribution in [3.05, 3.63) is 35.9 Å². The van der Waals surface area contributed by atoms with Crippen molar-refractivity contribution in [2.45, 2.75) is 32.8 Å². The van der Waals surface area contributed by atoms with E-state index >= 15 is 0 Å². The number of hydrogen-bond acceptors (Lipinski definition) is 4. The fourth-order valence-electron chi connectivity index (χ4n) is 1.99. The molecule has 0 aliphatic rings. The maximum atomic E-state index is 12.0. The number of rotatable bonds is 9. The monoisotopic (exact) mass is 350 g/mol. The van der Waals surface area contributed by atoms with E-state index in [9.17, 15) is 19.5 Å². The normalized spacial score (nSPS) is 11.7. The van der Waals surface area contributed by atoms with E-state index in [4.69, 9.17) is 4.74 Å². The molecule has 0 aromatic heterocycles. The molecule has 0 bridgehead atoms. The van der Waals surface area contributed by atoms with E-state index in [1.807, 2.05) is 19.9 Å². The molecule has 0 saturated carbocycles. The number of nitrogens with one attached hydrogen (secondary N) is 1. The van der Waals surface area contributed by atoms with Crippen molar-refractivity contribution in [3.8, 4) is 0 Å². The van der Waals surface area contributed by atoms with Gasteiger partial charge in [-0.15, -0.1) is 0 Å². The number of aliphatic carboxylic acids is 1. The third-order valence-electron chi connectivity index (χ3n) is 3.48. The molecule has 1 aromatic carbocycles. The molecule has 1 aromatic rings. The number of carboxylic acids is 1. The maximum Gasteiger partial charge on any atom is 0.410 e. The van der Waals surface area contributed by atoms with Crippen LogP contribution >= 0.6 is 0 Å². The minimum atomic E-state index is -1.27. The molecule has 1 rings (SSSR count). The zero-order valence-electron chi connectivity index (χ0n) is 14.9. The average Bonchev–Trinajstić information content (AvgIpc) is 2.57. The zero-order valence-corrected chi connectivity index (χ0v) is 14.9. The summed E-state index contributed by atoms with van der Waals surface area (Å²) in [4.78, 5) is 36.2. The van der Waals surface area contributed by atoms with Crippen LogP contribution in [0.3, 0.4) is 0 Å². The molecule has 7 heteroatoms. The summed E-state index contributed by atoms with van der Waals surface area (Å²) >= 11 is 0. The summed E-state index contributed by atoms with van der Waals surface area (Å²) in [6, 6.07) is 8.94. The molecular weight excluding hydrogens is 324 g/mol. The second-order valence-electron chi connectivity index (χ2n) is 6.27. The Morgan fingerprint density at radius 3 is 2.40 bits per heavy atom. The first-order valence-corrected chi connectivity index (χ1v) is 8.24. The van der Waals surface area contributed by atoms with Crippen LogP contribution < -0.4 is 5.32 Å². The average molecular weight is 350 g/mol. The Kier molecular flexibility index (Phi) is 8.46. The highest BCUT2D eigenvalue weighted by molar-refractivity contribution is 5.79. The van der Waals surface area contributed by atoms with Crippen LogP contribution in [-0.4, -0.2) is 54.2 Å². The van der Waals surface area contributed by atoms with Gasteiger partial charge in [0.2, 0.25) is 12.0 Å². The van der Waals surface area contributed by atoms with Crippen molar-refractivity contribution in [1.29, 1.82) is 0 Å². The third-order valence-corrected chi connectivity index (χ3v) is 3.48. The second-order valence-corrected chi connectivity index (χ2v) is 6.27. The zero-order chi connectivity index (χ0) is 18.8. The van der Waals surface area contributed by atoms with Crippen LogP contribution in [0.25, 0.3) is 0 Å². The van der Waals surface area contributed by atoms with Crippen molar-refractivity contribution >= 4 is 18.0 Å². The Hall–Kier alpha value is -2.57. The Labute approximate surface area is 148 Å². The molecular formula is C18H26N2O5. The van der Waals surface area contributed by atoms with Gasteiger partial charge < -0.3 is 20.1 Å². The minimum absolute atomic E-state index is 0.0879. The summed E-state index contributed by atoms with van der Waals surface area (Å²) in [5.41, 5.74) is 0.762. The van der Waals surface area contributed by atoms with E-state index in [2.05, 4.69) is 5.32 Å². The topological polar surface area (TPSA) is 95.9 Å². The minimum Gasteiger partial charge on any atom is -0.478 e. The number of benzene rings is 1. The number of carbonyl (C=O) groups is 3. The molecule has 0 radical (unpaired) electrons. The molecule has 0 saturated heterocycles. The first kappa shape index (κ1) is 20.5. The van der Waals surface area contributed by atoms with Gasteiger partial charge in [-0.3, -0.25) is 4.79 Å². The summed E-state index contributed by atoms with van der Waals surface area (Å²) in [5, 5.41) is 12.0. The van der Waals surface area contributed by atoms with Gasteiger partial charge in [0.05, 0.1) is 0 Å². The Morgan fingerprint density at radius 1 is 1.20 bits per heavy atom. The van der Waals surface area contributed by atoms with E-state index in [0.717, 1.165) is 5.56 Å². The molecule has 2 N–H and O–H groups in total. The fraction of sp³-hybridized carbons (Fsp3) is 0.500. The van der Waals surface area contributed by atoms with Crippen LogP contribution in [0, 0.1) is 5.92 Å². The highest BCUT2D eigenvalue weighted by atomic mass is 16.6. The SMILES string of the molecule is CC(C)CNC(=O)CCN(C)C(=O)O[C@@H](Cc1ccccc1)C(=O)O. The first-order chi connectivity index (χ1) is 11.8. The summed E-state index contributed by atoms with van der Waals surface area (Å²) in [6.07, 6.45) is -1.81. The van der Waals surface area contributed by atoms with Crippen LogP contribution in [0.15, 0.2) is 30.3 Å². The molecule has 0 unspecified atom stereocenters. The van der Waals surface area contributed by atoms with Crippen molar-refractivity contribution in [2.75, 3.05) is 20.1 Å². The van der Waals surface area contributed by atoms with Gasteiger partial charge >= 0.3 is 12.1 Å². The van der Waals surface area contributed by atoms with E-state index in [1.165, 1.54) is 11.9 Å².